The quantitative estimate of drug-likeness (QED) is 0.933. The number of aryl methyl sites for hydroxylation is 2. The molecular weight excluding hydrogens is 314 g/mol. The Hall–Kier alpha value is -1.86. The lowest BCUT2D eigenvalue weighted by atomic mass is 10.2. The van der Waals surface area contributed by atoms with E-state index < -0.39 is 0 Å². The Kier molecular flexibility index (Phi) is 4.97. The van der Waals surface area contributed by atoms with Crippen molar-refractivity contribution < 1.29 is 13.9 Å². The van der Waals surface area contributed by atoms with Crippen LogP contribution in [0.4, 0.5) is 4.79 Å². The van der Waals surface area contributed by atoms with Crippen molar-refractivity contribution in [3.63, 3.8) is 0 Å². The van der Waals surface area contributed by atoms with Crippen LogP contribution < -0.4 is 5.32 Å². The highest BCUT2D eigenvalue weighted by molar-refractivity contribution is 7.11. The van der Waals surface area contributed by atoms with Gasteiger partial charge in [-0.1, -0.05) is 0 Å². The van der Waals surface area contributed by atoms with E-state index >= 15 is 0 Å². The van der Waals surface area contributed by atoms with Crippen molar-refractivity contribution in [1.82, 2.24) is 15.2 Å². The van der Waals surface area contributed by atoms with Crippen molar-refractivity contribution >= 4 is 17.4 Å². The van der Waals surface area contributed by atoms with Crippen LogP contribution in [0.2, 0.25) is 0 Å². The zero-order chi connectivity index (χ0) is 16.2. The van der Waals surface area contributed by atoms with Gasteiger partial charge in [0.2, 0.25) is 0 Å². The summed E-state index contributed by atoms with van der Waals surface area (Å²) in [6, 6.07) is 3.57. The van der Waals surface area contributed by atoms with E-state index in [0.717, 1.165) is 22.9 Å². The first-order valence-corrected chi connectivity index (χ1v) is 8.55. The molecule has 0 aromatic carbocycles. The number of thiazole rings is 1. The molecule has 0 bridgehead atoms. The monoisotopic (exact) mass is 335 g/mol. The summed E-state index contributed by atoms with van der Waals surface area (Å²) in [4.78, 5) is 19.8. The summed E-state index contributed by atoms with van der Waals surface area (Å²) in [6.45, 7) is 6.08. The van der Waals surface area contributed by atoms with E-state index in [-0.39, 0.29) is 12.1 Å². The molecular formula is C16H21N3O3S. The van der Waals surface area contributed by atoms with E-state index in [0.29, 0.717) is 26.3 Å². The second-order valence-electron chi connectivity index (χ2n) is 5.58. The Morgan fingerprint density at radius 3 is 3.04 bits per heavy atom. The van der Waals surface area contributed by atoms with Gasteiger partial charge in [-0.05, 0) is 26.0 Å². The van der Waals surface area contributed by atoms with Crippen LogP contribution in [0, 0.1) is 13.8 Å². The summed E-state index contributed by atoms with van der Waals surface area (Å²) in [6.07, 6.45) is 2.61. The predicted octanol–water partition coefficient (Wildman–Crippen LogP) is 2.68. The number of aromatic nitrogens is 1. The van der Waals surface area contributed by atoms with Gasteiger partial charge in [-0.3, -0.25) is 0 Å². The maximum absolute atomic E-state index is 12.5. The van der Waals surface area contributed by atoms with Crippen LogP contribution >= 0.6 is 11.3 Å². The molecule has 2 aromatic heterocycles. The highest BCUT2D eigenvalue weighted by Gasteiger charge is 2.30. The number of morpholine rings is 1. The number of rotatable bonds is 4. The molecule has 1 unspecified atom stereocenters. The summed E-state index contributed by atoms with van der Waals surface area (Å²) in [5, 5.41) is 4.02. The maximum atomic E-state index is 12.5. The third-order valence-corrected chi connectivity index (χ3v) is 4.74. The first-order chi connectivity index (χ1) is 11.1. The van der Waals surface area contributed by atoms with Crippen LogP contribution in [-0.2, 0) is 11.2 Å². The van der Waals surface area contributed by atoms with Crippen molar-refractivity contribution in [3.8, 4) is 0 Å². The smallest absolute Gasteiger partial charge is 0.318 e. The van der Waals surface area contributed by atoms with Crippen LogP contribution in [0.1, 0.15) is 27.4 Å². The van der Waals surface area contributed by atoms with Crippen molar-refractivity contribution in [2.45, 2.75) is 26.3 Å². The summed E-state index contributed by atoms with van der Waals surface area (Å²) in [5.41, 5.74) is 0. The molecule has 1 aliphatic rings. The fraction of sp³-hybridized carbons (Fsp3) is 0.500. The SMILES string of the molecule is Cc1ccc(C2COCCN2C(=O)NCCc2ncc(C)s2)o1. The summed E-state index contributed by atoms with van der Waals surface area (Å²) >= 11 is 1.66. The summed E-state index contributed by atoms with van der Waals surface area (Å²) in [5.74, 6) is 1.61. The van der Waals surface area contributed by atoms with Gasteiger partial charge in [0.15, 0.2) is 0 Å². The lowest BCUT2D eigenvalue weighted by Gasteiger charge is -2.34. The third kappa shape index (κ3) is 3.92. The zero-order valence-electron chi connectivity index (χ0n) is 13.4. The fourth-order valence-corrected chi connectivity index (χ4v) is 3.40. The van der Waals surface area contributed by atoms with Crippen molar-refractivity contribution in [3.05, 3.63) is 39.7 Å². The molecule has 7 heteroatoms. The molecule has 2 amide bonds. The third-order valence-electron chi connectivity index (χ3n) is 3.76. The minimum absolute atomic E-state index is 0.0827. The van der Waals surface area contributed by atoms with Crippen LogP contribution in [0.15, 0.2) is 22.7 Å². The Balaban J connectivity index is 1.57. The van der Waals surface area contributed by atoms with E-state index in [4.69, 9.17) is 9.15 Å². The Labute approximate surface area is 139 Å². The van der Waals surface area contributed by atoms with Crippen LogP contribution in [0.25, 0.3) is 0 Å². The minimum Gasteiger partial charge on any atom is -0.464 e. The van der Waals surface area contributed by atoms with Gasteiger partial charge in [-0.15, -0.1) is 11.3 Å². The Bertz CT molecular complexity index is 667. The van der Waals surface area contributed by atoms with Crippen molar-refractivity contribution in [2.75, 3.05) is 26.3 Å². The van der Waals surface area contributed by atoms with E-state index in [9.17, 15) is 4.79 Å². The zero-order valence-corrected chi connectivity index (χ0v) is 14.2. The number of carbonyl (C=O) groups excluding carboxylic acids is 1. The van der Waals surface area contributed by atoms with Crippen molar-refractivity contribution in [2.24, 2.45) is 0 Å². The molecule has 1 N–H and O–H groups in total. The number of hydrogen-bond acceptors (Lipinski definition) is 5. The molecule has 1 fully saturated rings. The molecule has 23 heavy (non-hydrogen) atoms. The normalized spacial score (nSPS) is 18.2. The maximum Gasteiger partial charge on any atom is 0.318 e. The second kappa shape index (κ2) is 7.14. The molecule has 3 rings (SSSR count). The second-order valence-corrected chi connectivity index (χ2v) is 6.90. The van der Waals surface area contributed by atoms with Gasteiger partial charge in [-0.2, -0.15) is 0 Å². The molecule has 3 heterocycles. The minimum atomic E-state index is -0.167. The van der Waals surface area contributed by atoms with Gasteiger partial charge in [0, 0.05) is 30.6 Å². The summed E-state index contributed by atoms with van der Waals surface area (Å²) in [7, 11) is 0. The van der Waals surface area contributed by atoms with Gasteiger partial charge in [-0.25, -0.2) is 9.78 Å². The van der Waals surface area contributed by atoms with E-state index in [1.807, 2.05) is 32.2 Å². The highest BCUT2D eigenvalue weighted by atomic mass is 32.1. The Morgan fingerprint density at radius 1 is 1.48 bits per heavy atom. The number of furan rings is 1. The number of ether oxygens (including phenoxy) is 1. The molecule has 0 spiro atoms. The molecule has 0 aliphatic carbocycles. The number of nitrogens with zero attached hydrogens (tertiary/aromatic N) is 2. The Morgan fingerprint density at radius 2 is 2.35 bits per heavy atom. The number of amides is 2. The molecule has 1 saturated heterocycles. The van der Waals surface area contributed by atoms with Gasteiger partial charge < -0.3 is 19.4 Å². The number of carbonyl (C=O) groups is 1. The van der Waals surface area contributed by atoms with Crippen molar-refractivity contribution in [1.29, 1.82) is 0 Å². The molecule has 0 radical (unpaired) electrons. The molecule has 0 saturated carbocycles. The van der Waals surface area contributed by atoms with Crippen LogP contribution in [0.3, 0.4) is 0 Å². The van der Waals surface area contributed by atoms with E-state index in [1.54, 1.807) is 16.2 Å². The lowest BCUT2D eigenvalue weighted by molar-refractivity contribution is 0.00413. The molecule has 6 nitrogen and oxygen atoms in total. The topological polar surface area (TPSA) is 67.6 Å². The standard InChI is InChI=1S/C16H21N3O3S/c1-11-3-4-14(22-11)13-10-21-8-7-19(13)16(20)17-6-5-15-18-9-12(2)23-15/h3-4,9,13H,5-8,10H2,1-2H3,(H,17,20). The highest BCUT2D eigenvalue weighted by Crippen LogP contribution is 2.25. The fourth-order valence-electron chi connectivity index (χ4n) is 2.61. The average molecular weight is 335 g/mol. The van der Waals surface area contributed by atoms with Crippen LogP contribution in [-0.4, -0.2) is 42.2 Å². The molecule has 2 aromatic rings. The van der Waals surface area contributed by atoms with E-state index in [1.165, 1.54) is 4.88 Å². The largest absolute Gasteiger partial charge is 0.464 e. The number of hydrogen-bond donors (Lipinski definition) is 1. The van der Waals surface area contributed by atoms with Crippen LogP contribution in [0.5, 0.6) is 0 Å². The lowest BCUT2D eigenvalue weighted by Crippen LogP contribution is -2.48. The molecule has 1 atom stereocenters. The first kappa shape index (κ1) is 16.0. The molecule has 124 valence electrons. The number of nitrogens with one attached hydrogen (secondary N) is 1. The van der Waals surface area contributed by atoms with Gasteiger partial charge in [0.05, 0.1) is 18.2 Å². The van der Waals surface area contributed by atoms with Gasteiger partial charge in [0.25, 0.3) is 0 Å². The molecule has 1 aliphatic heterocycles. The van der Waals surface area contributed by atoms with E-state index in [2.05, 4.69) is 10.3 Å². The average Bonchev–Trinajstić information content (AvgIpc) is 3.16. The van der Waals surface area contributed by atoms with Gasteiger partial charge >= 0.3 is 6.03 Å². The number of urea groups is 1. The first-order valence-electron chi connectivity index (χ1n) is 7.73. The van der Waals surface area contributed by atoms with Gasteiger partial charge in [0.1, 0.15) is 17.6 Å². The summed E-state index contributed by atoms with van der Waals surface area (Å²) < 4.78 is 11.2. The predicted molar refractivity (Wildman–Crippen MR) is 87.7 cm³/mol.